The van der Waals surface area contributed by atoms with Crippen molar-refractivity contribution in [3.63, 3.8) is 0 Å². The van der Waals surface area contributed by atoms with E-state index in [1.807, 2.05) is 0 Å². The van der Waals surface area contributed by atoms with E-state index in [1.165, 1.54) is 76.8 Å². The van der Waals surface area contributed by atoms with Gasteiger partial charge in [-0.05, 0) is 116 Å². The van der Waals surface area contributed by atoms with Crippen molar-refractivity contribution in [2.45, 2.75) is 13.8 Å². The van der Waals surface area contributed by atoms with Gasteiger partial charge in [-0.25, -0.2) is 0 Å². The summed E-state index contributed by atoms with van der Waals surface area (Å²) in [4.78, 5) is 0. The molecule has 0 aliphatic rings. The van der Waals surface area contributed by atoms with E-state index in [2.05, 4.69) is 172 Å². The molecule has 0 spiro atoms. The van der Waals surface area contributed by atoms with Crippen LogP contribution in [0.1, 0.15) is 11.1 Å². The Bertz CT molecular complexity index is 2620. The van der Waals surface area contributed by atoms with E-state index in [-0.39, 0.29) is 0 Å². The maximum atomic E-state index is 6.51. The third-order valence-electron chi connectivity index (χ3n) is 9.53. The highest BCUT2D eigenvalue weighted by Crippen LogP contribution is 2.45. The van der Waals surface area contributed by atoms with Crippen LogP contribution >= 0.6 is 0 Å². The average Bonchev–Trinajstić information content (AvgIpc) is 3.48. The topological polar surface area (TPSA) is 13.1 Å². The molecule has 0 amide bonds. The second kappa shape index (κ2) is 10.9. The quantitative estimate of drug-likeness (QED) is 0.183. The molecule has 222 valence electrons. The molecule has 0 unspecified atom stereocenters. The second-order valence-corrected chi connectivity index (χ2v) is 12.7. The molecule has 1 aromatic heterocycles. The fourth-order valence-corrected chi connectivity index (χ4v) is 7.41. The number of hydrogen-bond donors (Lipinski definition) is 0. The first-order valence-corrected chi connectivity index (χ1v) is 16.3. The van der Waals surface area contributed by atoms with Crippen LogP contribution in [0.4, 0.5) is 0 Å². The minimum Gasteiger partial charge on any atom is -0.455 e. The van der Waals surface area contributed by atoms with Gasteiger partial charge in [0.05, 0.1) is 0 Å². The van der Waals surface area contributed by atoms with Crippen LogP contribution in [0, 0.1) is 13.8 Å². The molecular formula is C46H32O. The Labute approximate surface area is 274 Å². The van der Waals surface area contributed by atoms with Gasteiger partial charge in [-0.15, -0.1) is 0 Å². The van der Waals surface area contributed by atoms with Gasteiger partial charge in [-0.3, -0.25) is 0 Å². The molecule has 9 rings (SSSR count). The Morgan fingerprint density at radius 2 is 0.915 bits per heavy atom. The third kappa shape index (κ3) is 4.55. The van der Waals surface area contributed by atoms with E-state index in [0.717, 1.165) is 22.3 Å². The minimum absolute atomic E-state index is 0.929. The molecule has 47 heavy (non-hydrogen) atoms. The molecule has 0 fully saturated rings. The summed E-state index contributed by atoms with van der Waals surface area (Å²) in [6.45, 7) is 4.31. The molecule has 0 radical (unpaired) electrons. The molecular weight excluding hydrogens is 569 g/mol. The van der Waals surface area contributed by atoms with Crippen molar-refractivity contribution in [1.29, 1.82) is 0 Å². The normalized spacial score (nSPS) is 11.6. The van der Waals surface area contributed by atoms with E-state index < -0.39 is 0 Å². The number of fused-ring (bicyclic) bond motifs is 5. The lowest BCUT2D eigenvalue weighted by molar-refractivity contribution is 0.670. The van der Waals surface area contributed by atoms with Crippen molar-refractivity contribution < 1.29 is 4.42 Å². The van der Waals surface area contributed by atoms with Crippen LogP contribution in [0.15, 0.2) is 162 Å². The molecule has 1 nitrogen and oxygen atoms in total. The Morgan fingerprint density at radius 3 is 1.64 bits per heavy atom. The predicted molar refractivity (Wildman–Crippen MR) is 200 cm³/mol. The lowest BCUT2D eigenvalue weighted by Gasteiger charge is -2.19. The van der Waals surface area contributed by atoms with Crippen LogP contribution in [-0.4, -0.2) is 0 Å². The lowest BCUT2D eigenvalue weighted by atomic mass is 9.84. The van der Waals surface area contributed by atoms with Crippen LogP contribution in [0.3, 0.4) is 0 Å². The second-order valence-electron chi connectivity index (χ2n) is 12.7. The minimum atomic E-state index is 0.929. The number of hydrogen-bond acceptors (Lipinski definition) is 1. The van der Waals surface area contributed by atoms with Crippen molar-refractivity contribution >= 4 is 43.5 Å². The van der Waals surface area contributed by atoms with Crippen LogP contribution < -0.4 is 0 Å². The number of aryl methyl sites for hydroxylation is 2. The van der Waals surface area contributed by atoms with E-state index >= 15 is 0 Å². The first-order chi connectivity index (χ1) is 23.1. The molecule has 1 heterocycles. The Balaban J connectivity index is 1.29. The van der Waals surface area contributed by atoms with Gasteiger partial charge >= 0.3 is 0 Å². The SMILES string of the molecule is Cc1ccc2oc3c(-c4cccc(-c5ccc6c(-c7ccccc7)c7ccccc7c(-c7ccccc7)c6c5)c4)cc(C)cc3c2c1. The fourth-order valence-electron chi connectivity index (χ4n) is 7.41. The molecule has 0 saturated heterocycles. The third-order valence-corrected chi connectivity index (χ3v) is 9.53. The average molecular weight is 601 g/mol. The number of rotatable bonds is 4. The smallest absolute Gasteiger partial charge is 0.143 e. The summed E-state index contributed by atoms with van der Waals surface area (Å²) in [5.74, 6) is 0. The summed E-state index contributed by atoms with van der Waals surface area (Å²) in [6.07, 6.45) is 0. The van der Waals surface area contributed by atoms with E-state index in [0.29, 0.717) is 0 Å². The van der Waals surface area contributed by atoms with Crippen LogP contribution in [0.5, 0.6) is 0 Å². The van der Waals surface area contributed by atoms with Gasteiger partial charge in [0.25, 0.3) is 0 Å². The zero-order valence-electron chi connectivity index (χ0n) is 26.4. The van der Waals surface area contributed by atoms with E-state index in [4.69, 9.17) is 4.42 Å². The van der Waals surface area contributed by atoms with Gasteiger partial charge in [0.2, 0.25) is 0 Å². The Morgan fingerprint density at radius 1 is 0.340 bits per heavy atom. The number of benzene rings is 8. The highest BCUT2D eigenvalue weighted by Gasteiger charge is 2.18. The molecule has 0 aliphatic heterocycles. The van der Waals surface area contributed by atoms with E-state index in [9.17, 15) is 0 Å². The molecule has 0 bridgehead atoms. The maximum Gasteiger partial charge on any atom is 0.143 e. The summed E-state index contributed by atoms with van der Waals surface area (Å²) in [7, 11) is 0. The molecule has 8 aromatic carbocycles. The zero-order valence-corrected chi connectivity index (χ0v) is 26.4. The molecule has 0 atom stereocenters. The van der Waals surface area contributed by atoms with Crippen LogP contribution in [0.25, 0.3) is 88.0 Å². The van der Waals surface area contributed by atoms with Gasteiger partial charge in [0.15, 0.2) is 0 Å². The summed E-state index contributed by atoms with van der Waals surface area (Å²) in [5, 5.41) is 7.38. The monoisotopic (exact) mass is 600 g/mol. The summed E-state index contributed by atoms with van der Waals surface area (Å²) < 4.78 is 6.51. The van der Waals surface area contributed by atoms with Crippen molar-refractivity contribution in [1.82, 2.24) is 0 Å². The first-order valence-electron chi connectivity index (χ1n) is 16.3. The number of furan rings is 1. The van der Waals surface area contributed by atoms with Gasteiger partial charge in [0, 0.05) is 16.3 Å². The molecule has 0 N–H and O–H groups in total. The first kappa shape index (κ1) is 27.4. The van der Waals surface area contributed by atoms with Gasteiger partial charge in [0.1, 0.15) is 11.2 Å². The summed E-state index contributed by atoms with van der Waals surface area (Å²) in [5.41, 5.74) is 14.0. The summed E-state index contributed by atoms with van der Waals surface area (Å²) in [6, 6.07) is 57.3. The standard InChI is InChI=1S/C46H32O/c1-29-20-23-43-40(24-29)42-26-30(2)25-39(46(42)47-43)35-17-11-16-33(27-35)34-21-22-38-41(28-34)45(32-14-7-4-8-15-32)37-19-10-9-18-36(37)44(38)31-12-5-3-6-13-31/h3-28H,1-2H3. The zero-order chi connectivity index (χ0) is 31.5. The van der Waals surface area contributed by atoms with Crippen LogP contribution in [-0.2, 0) is 0 Å². The van der Waals surface area contributed by atoms with Crippen molar-refractivity contribution in [3.8, 4) is 44.5 Å². The molecule has 9 aromatic rings. The van der Waals surface area contributed by atoms with Crippen molar-refractivity contribution in [2.75, 3.05) is 0 Å². The highest BCUT2D eigenvalue weighted by molar-refractivity contribution is 6.22. The largest absolute Gasteiger partial charge is 0.455 e. The molecule has 0 aliphatic carbocycles. The maximum absolute atomic E-state index is 6.51. The lowest BCUT2D eigenvalue weighted by Crippen LogP contribution is -1.91. The van der Waals surface area contributed by atoms with Gasteiger partial charge in [-0.2, -0.15) is 0 Å². The predicted octanol–water partition coefficient (Wildman–Crippen LogP) is 13.2. The van der Waals surface area contributed by atoms with Gasteiger partial charge < -0.3 is 4.42 Å². The van der Waals surface area contributed by atoms with Gasteiger partial charge in [-0.1, -0.05) is 127 Å². The Hall–Kier alpha value is -5.92. The highest BCUT2D eigenvalue weighted by atomic mass is 16.3. The fraction of sp³-hybridized carbons (Fsp3) is 0.0435. The van der Waals surface area contributed by atoms with Crippen molar-refractivity contribution in [2.24, 2.45) is 0 Å². The Kier molecular flexibility index (Phi) is 6.33. The molecule has 1 heteroatoms. The molecule has 0 saturated carbocycles. The van der Waals surface area contributed by atoms with Crippen molar-refractivity contribution in [3.05, 3.63) is 169 Å². The van der Waals surface area contributed by atoms with E-state index in [1.54, 1.807) is 0 Å². The summed E-state index contributed by atoms with van der Waals surface area (Å²) >= 11 is 0. The van der Waals surface area contributed by atoms with Crippen LogP contribution in [0.2, 0.25) is 0 Å².